The standard InChI is InChI=1S/C23H25ClN4OS/c1-30-23-27-20(24)19(21(28-23)25-16-14-18-11-6-3-7-12-18)22(29)26-15-8-13-17-9-4-2-5-10-17/h2-7,9-12H,8,13-16H2,1H3,(H,26,29)(H,25,27,28). The highest BCUT2D eigenvalue weighted by Gasteiger charge is 2.19. The van der Waals surface area contributed by atoms with Crippen LogP contribution in [-0.2, 0) is 12.8 Å². The van der Waals surface area contributed by atoms with Gasteiger partial charge in [0.25, 0.3) is 5.91 Å². The number of nitrogens with zero attached hydrogens (tertiary/aromatic N) is 2. The number of hydrogen-bond acceptors (Lipinski definition) is 5. The number of carbonyl (C=O) groups is 1. The van der Waals surface area contributed by atoms with Crippen molar-refractivity contribution in [2.24, 2.45) is 0 Å². The molecule has 3 rings (SSSR count). The molecule has 0 unspecified atom stereocenters. The maximum atomic E-state index is 12.8. The molecule has 0 aliphatic heterocycles. The van der Waals surface area contributed by atoms with Crippen molar-refractivity contribution < 1.29 is 4.79 Å². The quantitative estimate of drug-likeness (QED) is 0.204. The van der Waals surface area contributed by atoms with Gasteiger partial charge in [-0.05, 0) is 36.6 Å². The number of rotatable bonds is 10. The van der Waals surface area contributed by atoms with Gasteiger partial charge in [-0.3, -0.25) is 4.79 Å². The maximum absolute atomic E-state index is 12.8. The molecule has 0 radical (unpaired) electrons. The Morgan fingerprint density at radius 1 is 0.933 bits per heavy atom. The number of carbonyl (C=O) groups excluding carboxylic acids is 1. The van der Waals surface area contributed by atoms with Crippen molar-refractivity contribution in [1.82, 2.24) is 15.3 Å². The van der Waals surface area contributed by atoms with Gasteiger partial charge in [-0.25, -0.2) is 9.97 Å². The highest BCUT2D eigenvalue weighted by molar-refractivity contribution is 7.98. The van der Waals surface area contributed by atoms with Crippen LogP contribution in [0.1, 0.15) is 27.9 Å². The second-order valence-corrected chi connectivity index (χ2v) is 7.86. The molecule has 0 aliphatic carbocycles. The molecule has 5 nitrogen and oxygen atoms in total. The molecule has 30 heavy (non-hydrogen) atoms. The van der Waals surface area contributed by atoms with Crippen LogP contribution in [-0.4, -0.2) is 35.2 Å². The third-order valence-corrected chi connectivity index (χ3v) is 5.39. The first-order valence-electron chi connectivity index (χ1n) is 9.89. The zero-order valence-corrected chi connectivity index (χ0v) is 18.5. The Kier molecular flexibility index (Phi) is 8.53. The summed E-state index contributed by atoms with van der Waals surface area (Å²) in [5.41, 5.74) is 2.75. The lowest BCUT2D eigenvalue weighted by atomic mass is 10.1. The third-order valence-electron chi connectivity index (χ3n) is 4.57. The van der Waals surface area contributed by atoms with E-state index in [1.54, 1.807) is 0 Å². The van der Waals surface area contributed by atoms with Crippen LogP contribution in [0.2, 0.25) is 5.15 Å². The van der Waals surface area contributed by atoms with Crippen LogP contribution in [0.25, 0.3) is 0 Å². The lowest BCUT2D eigenvalue weighted by Crippen LogP contribution is -2.27. The van der Waals surface area contributed by atoms with E-state index >= 15 is 0 Å². The van der Waals surface area contributed by atoms with Crippen molar-refractivity contribution in [2.45, 2.75) is 24.4 Å². The van der Waals surface area contributed by atoms with E-state index in [1.807, 2.05) is 42.7 Å². The van der Waals surface area contributed by atoms with Gasteiger partial charge < -0.3 is 10.6 Å². The van der Waals surface area contributed by atoms with Gasteiger partial charge in [0.1, 0.15) is 16.5 Å². The summed E-state index contributed by atoms with van der Waals surface area (Å²) in [6.07, 6.45) is 4.44. The normalized spacial score (nSPS) is 10.6. The molecule has 0 atom stereocenters. The van der Waals surface area contributed by atoms with Crippen molar-refractivity contribution in [3.05, 3.63) is 82.5 Å². The molecular formula is C23H25ClN4OS. The zero-order valence-electron chi connectivity index (χ0n) is 16.9. The van der Waals surface area contributed by atoms with Crippen LogP contribution in [0.4, 0.5) is 5.82 Å². The minimum Gasteiger partial charge on any atom is -0.369 e. The average molecular weight is 441 g/mol. The van der Waals surface area contributed by atoms with Gasteiger partial charge in [0.15, 0.2) is 5.16 Å². The molecule has 0 aliphatic rings. The number of aromatic nitrogens is 2. The summed E-state index contributed by atoms with van der Waals surface area (Å²) in [7, 11) is 0. The van der Waals surface area contributed by atoms with Crippen molar-refractivity contribution in [2.75, 3.05) is 24.7 Å². The van der Waals surface area contributed by atoms with E-state index in [0.717, 1.165) is 19.3 Å². The number of amides is 1. The summed E-state index contributed by atoms with van der Waals surface area (Å²) >= 11 is 7.74. The van der Waals surface area contributed by atoms with Crippen LogP contribution in [0, 0.1) is 0 Å². The molecule has 1 amide bonds. The minimum atomic E-state index is -0.261. The van der Waals surface area contributed by atoms with E-state index in [-0.39, 0.29) is 11.1 Å². The van der Waals surface area contributed by atoms with Crippen molar-refractivity contribution in [1.29, 1.82) is 0 Å². The lowest BCUT2D eigenvalue weighted by molar-refractivity contribution is 0.0953. The first-order chi connectivity index (χ1) is 14.7. The molecule has 0 saturated heterocycles. The Morgan fingerprint density at radius 3 is 2.20 bits per heavy atom. The van der Waals surface area contributed by atoms with Crippen molar-refractivity contribution >= 4 is 35.1 Å². The Balaban J connectivity index is 1.62. The predicted molar refractivity (Wildman–Crippen MR) is 125 cm³/mol. The van der Waals surface area contributed by atoms with Crippen LogP contribution in [0.3, 0.4) is 0 Å². The van der Waals surface area contributed by atoms with Crippen LogP contribution in [0.5, 0.6) is 0 Å². The van der Waals surface area contributed by atoms with Gasteiger partial charge >= 0.3 is 0 Å². The average Bonchev–Trinajstić information content (AvgIpc) is 2.77. The fourth-order valence-corrected chi connectivity index (χ4v) is 3.70. The number of benzene rings is 2. The Hall–Kier alpha value is -2.57. The minimum absolute atomic E-state index is 0.164. The van der Waals surface area contributed by atoms with Gasteiger partial charge in [-0.15, -0.1) is 0 Å². The highest BCUT2D eigenvalue weighted by atomic mass is 35.5. The first kappa shape index (κ1) is 22.1. The molecule has 0 fully saturated rings. The number of hydrogen-bond donors (Lipinski definition) is 2. The number of aryl methyl sites for hydroxylation is 1. The molecule has 1 aromatic heterocycles. The van der Waals surface area contributed by atoms with E-state index in [0.29, 0.717) is 29.6 Å². The largest absolute Gasteiger partial charge is 0.369 e. The third kappa shape index (κ3) is 6.47. The summed E-state index contributed by atoms with van der Waals surface area (Å²) in [5, 5.41) is 6.90. The SMILES string of the molecule is CSc1nc(Cl)c(C(=O)NCCCc2ccccc2)c(NCCc2ccccc2)n1. The number of nitrogens with one attached hydrogen (secondary N) is 2. The fraction of sp³-hybridized carbons (Fsp3) is 0.261. The number of anilines is 1. The van der Waals surface area contributed by atoms with Gasteiger partial charge in [0.2, 0.25) is 0 Å². The Labute approximate surface area is 186 Å². The smallest absolute Gasteiger partial charge is 0.258 e. The molecular weight excluding hydrogens is 416 g/mol. The molecule has 7 heteroatoms. The second-order valence-electron chi connectivity index (χ2n) is 6.73. The molecule has 0 saturated carbocycles. The van der Waals surface area contributed by atoms with Crippen LogP contribution >= 0.6 is 23.4 Å². The zero-order chi connectivity index (χ0) is 21.2. The van der Waals surface area contributed by atoms with Gasteiger partial charge in [0, 0.05) is 13.1 Å². The summed E-state index contributed by atoms with van der Waals surface area (Å²) in [5.74, 6) is 0.207. The molecule has 3 aromatic rings. The maximum Gasteiger partial charge on any atom is 0.258 e. The Morgan fingerprint density at radius 2 is 1.57 bits per heavy atom. The number of thioether (sulfide) groups is 1. The van der Waals surface area contributed by atoms with Gasteiger partial charge in [0.05, 0.1) is 0 Å². The summed E-state index contributed by atoms with van der Waals surface area (Å²) in [6, 6.07) is 20.4. The summed E-state index contributed by atoms with van der Waals surface area (Å²) in [4.78, 5) is 21.5. The van der Waals surface area contributed by atoms with Crippen LogP contribution < -0.4 is 10.6 Å². The van der Waals surface area contributed by atoms with E-state index < -0.39 is 0 Å². The summed E-state index contributed by atoms with van der Waals surface area (Å²) in [6.45, 7) is 1.19. The topological polar surface area (TPSA) is 66.9 Å². The summed E-state index contributed by atoms with van der Waals surface area (Å²) < 4.78 is 0. The Bertz CT molecular complexity index is 954. The van der Waals surface area contributed by atoms with E-state index in [1.165, 1.54) is 22.9 Å². The van der Waals surface area contributed by atoms with Crippen LogP contribution in [0.15, 0.2) is 65.8 Å². The van der Waals surface area contributed by atoms with Gasteiger partial charge in [-0.2, -0.15) is 0 Å². The van der Waals surface area contributed by atoms with Crippen molar-refractivity contribution in [3.63, 3.8) is 0 Å². The van der Waals surface area contributed by atoms with E-state index in [9.17, 15) is 4.79 Å². The van der Waals surface area contributed by atoms with E-state index in [4.69, 9.17) is 11.6 Å². The molecule has 2 aromatic carbocycles. The molecule has 1 heterocycles. The van der Waals surface area contributed by atoms with E-state index in [2.05, 4.69) is 44.9 Å². The van der Waals surface area contributed by atoms with Crippen molar-refractivity contribution in [3.8, 4) is 0 Å². The molecule has 0 bridgehead atoms. The first-order valence-corrected chi connectivity index (χ1v) is 11.5. The second kappa shape index (κ2) is 11.6. The molecule has 2 N–H and O–H groups in total. The fourth-order valence-electron chi connectivity index (χ4n) is 3.03. The number of halogens is 1. The molecule has 156 valence electrons. The monoisotopic (exact) mass is 440 g/mol. The highest BCUT2D eigenvalue weighted by Crippen LogP contribution is 2.24. The predicted octanol–water partition coefficient (Wildman–Crippen LogP) is 4.87. The van der Waals surface area contributed by atoms with Gasteiger partial charge in [-0.1, -0.05) is 84.0 Å². The lowest BCUT2D eigenvalue weighted by Gasteiger charge is -2.13. The molecule has 0 spiro atoms.